The molecule has 0 fully saturated rings. The third kappa shape index (κ3) is 3.35. The van der Waals surface area contributed by atoms with Gasteiger partial charge in [0.25, 0.3) is 6.23 Å². The fourth-order valence-electron chi connectivity index (χ4n) is 2.27. The van der Waals surface area contributed by atoms with Crippen LogP contribution in [0.5, 0.6) is 0 Å². The van der Waals surface area contributed by atoms with Gasteiger partial charge in [-0.2, -0.15) is 4.57 Å². The molecule has 1 aromatic heterocycles. The Labute approximate surface area is 123 Å². The predicted molar refractivity (Wildman–Crippen MR) is 79.6 cm³/mol. The molecule has 0 spiro atoms. The first-order chi connectivity index (χ1) is 9.52. The molecule has 2 aromatic rings. The number of hydrogen-bond donors (Lipinski definition) is 0. The van der Waals surface area contributed by atoms with Crippen molar-refractivity contribution in [1.29, 1.82) is 0 Å². The number of para-hydroxylation sites is 1. The fraction of sp³-hybridized carbons (Fsp3) is 0.533. The predicted octanol–water partition coefficient (Wildman–Crippen LogP) is 3.39. The smallest absolute Gasteiger partial charge is 0.263 e. The lowest BCUT2D eigenvalue weighted by molar-refractivity contribution is -0.743. The Morgan fingerprint density at radius 2 is 1.75 bits per heavy atom. The highest BCUT2D eigenvalue weighted by Gasteiger charge is 2.25. The highest BCUT2D eigenvalue weighted by atomic mass is 32.1. The van der Waals surface area contributed by atoms with E-state index in [1.165, 1.54) is 15.2 Å². The molecule has 4 nitrogen and oxygen atoms in total. The number of benzene rings is 1. The van der Waals surface area contributed by atoms with Crippen LogP contribution >= 0.6 is 11.3 Å². The van der Waals surface area contributed by atoms with Crippen LogP contribution in [-0.2, 0) is 14.2 Å². The second-order valence-corrected chi connectivity index (χ2v) is 5.94. The van der Waals surface area contributed by atoms with Crippen LogP contribution in [-0.4, -0.2) is 19.7 Å². The normalized spacial score (nSPS) is 16.2. The maximum absolute atomic E-state index is 5.92. The summed E-state index contributed by atoms with van der Waals surface area (Å²) >= 11 is 1.77. The molecular formula is C15H22NO3S+. The first-order valence-corrected chi connectivity index (χ1v) is 7.58. The Bertz CT molecular complexity index is 569. The number of nitrogens with zero attached hydrogens (tertiary/aromatic N) is 1. The molecule has 5 heteroatoms. The maximum atomic E-state index is 5.92. The minimum atomic E-state index is -0.328. The zero-order valence-electron chi connectivity index (χ0n) is 12.6. The lowest BCUT2D eigenvalue weighted by Gasteiger charge is -2.19. The first kappa shape index (κ1) is 15.4. The van der Waals surface area contributed by atoms with E-state index in [0.717, 1.165) is 0 Å². The van der Waals surface area contributed by atoms with Gasteiger partial charge in [-0.3, -0.25) is 4.74 Å². The van der Waals surface area contributed by atoms with Gasteiger partial charge in [-0.1, -0.05) is 23.5 Å². The number of methoxy groups -OCH3 is 1. The zero-order chi connectivity index (χ0) is 14.7. The van der Waals surface area contributed by atoms with E-state index in [0.29, 0.717) is 0 Å². The van der Waals surface area contributed by atoms with E-state index in [1.54, 1.807) is 18.4 Å². The van der Waals surface area contributed by atoms with E-state index in [-0.39, 0.29) is 18.8 Å². The number of hydrogen-bond acceptors (Lipinski definition) is 4. The number of rotatable bonds is 6. The summed E-state index contributed by atoms with van der Waals surface area (Å²) in [4.78, 5) is 0. The fourth-order valence-corrected chi connectivity index (χ4v) is 3.35. The van der Waals surface area contributed by atoms with Crippen molar-refractivity contribution in [2.24, 2.45) is 0 Å². The summed E-state index contributed by atoms with van der Waals surface area (Å²) in [6.07, 6.45) is -0.696. The van der Waals surface area contributed by atoms with Crippen molar-refractivity contribution in [1.82, 2.24) is 0 Å². The van der Waals surface area contributed by atoms with Gasteiger partial charge in [0.2, 0.25) is 10.5 Å². The Balaban J connectivity index is 2.15. The number of ether oxygens (including phenoxy) is 3. The summed E-state index contributed by atoms with van der Waals surface area (Å²) in [6.45, 7) is 7.87. The number of aryl methyl sites for hydroxylation is 1. The van der Waals surface area contributed by atoms with E-state index >= 15 is 0 Å². The highest BCUT2D eigenvalue weighted by molar-refractivity contribution is 7.18. The second-order valence-electron chi connectivity index (χ2n) is 4.70. The molecule has 3 unspecified atom stereocenters. The number of aromatic nitrogens is 1. The molecule has 0 N–H and O–H groups in total. The van der Waals surface area contributed by atoms with Crippen molar-refractivity contribution in [2.45, 2.75) is 46.5 Å². The Kier molecular flexibility index (Phi) is 5.10. The highest BCUT2D eigenvalue weighted by Crippen LogP contribution is 2.22. The lowest BCUT2D eigenvalue weighted by atomic mass is 10.3. The summed E-state index contributed by atoms with van der Waals surface area (Å²) < 4.78 is 20.0. The SMILES string of the molecule is COC(C)OC(C)OC(C)[n+]1c(C)sc2ccccc21. The van der Waals surface area contributed by atoms with E-state index in [9.17, 15) is 0 Å². The Morgan fingerprint density at radius 3 is 2.45 bits per heavy atom. The molecule has 1 heterocycles. The van der Waals surface area contributed by atoms with Crippen LogP contribution in [0, 0.1) is 6.92 Å². The summed E-state index contributed by atoms with van der Waals surface area (Å²) in [5, 5.41) is 1.21. The van der Waals surface area contributed by atoms with Crippen molar-refractivity contribution in [2.75, 3.05) is 7.11 Å². The van der Waals surface area contributed by atoms with Gasteiger partial charge >= 0.3 is 0 Å². The molecule has 110 valence electrons. The van der Waals surface area contributed by atoms with Crippen molar-refractivity contribution in [3.63, 3.8) is 0 Å². The summed E-state index contributed by atoms with van der Waals surface area (Å²) in [6, 6.07) is 8.34. The van der Waals surface area contributed by atoms with Crippen molar-refractivity contribution in [3.05, 3.63) is 29.3 Å². The molecule has 20 heavy (non-hydrogen) atoms. The molecule has 0 amide bonds. The molecule has 1 aromatic carbocycles. The number of thiazole rings is 1. The molecule has 0 aliphatic heterocycles. The quantitative estimate of drug-likeness (QED) is 0.605. The van der Waals surface area contributed by atoms with E-state index in [2.05, 4.69) is 29.7 Å². The van der Waals surface area contributed by atoms with Crippen LogP contribution in [0.1, 0.15) is 32.0 Å². The molecule has 3 atom stereocenters. The molecule has 0 saturated heterocycles. The molecule has 0 bridgehead atoms. The summed E-state index contributed by atoms with van der Waals surface area (Å²) in [5.74, 6) is 0. The minimum Gasteiger partial charge on any atom is -0.356 e. The van der Waals surface area contributed by atoms with Gasteiger partial charge in [0.1, 0.15) is 4.70 Å². The van der Waals surface area contributed by atoms with Crippen LogP contribution in [0.2, 0.25) is 0 Å². The van der Waals surface area contributed by atoms with Crippen molar-refractivity contribution >= 4 is 21.6 Å². The van der Waals surface area contributed by atoms with Gasteiger partial charge in [-0.15, -0.1) is 0 Å². The molecule has 2 rings (SSSR count). The van der Waals surface area contributed by atoms with E-state index in [4.69, 9.17) is 14.2 Å². The van der Waals surface area contributed by atoms with Crippen LogP contribution in [0.15, 0.2) is 24.3 Å². The average molecular weight is 296 g/mol. The molecule has 0 saturated carbocycles. The summed E-state index contributed by atoms with van der Waals surface area (Å²) in [7, 11) is 1.62. The van der Waals surface area contributed by atoms with Crippen LogP contribution in [0.3, 0.4) is 0 Å². The van der Waals surface area contributed by atoms with Gasteiger partial charge in [0, 0.05) is 27.0 Å². The second kappa shape index (κ2) is 6.63. The van der Waals surface area contributed by atoms with E-state index in [1.807, 2.05) is 26.8 Å². The van der Waals surface area contributed by atoms with Crippen molar-refractivity contribution < 1.29 is 18.8 Å². The Hall–Kier alpha value is -1.01. The average Bonchev–Trinajstić information content (AvgIpc) is 2.74. The summed E-state index contributed by atoms with van der Waals surface area (Å²) in [5.41, 5.74) is 1.19. The number of fused-ring (bicyclic) bond motifs is 1. The third-order valence-electron chi connectivity index (χ3n) is 3.19. The van der Waals surface area contributed by atoms with E-state index < -0.39 is 0 Å². The first-order valence-electron chi connectivity index (χ1n) is 6.76. The zero-order valence-corrected chi connectivity index (χ0v) is 13.4. The van der Waals surface area contributed by atoms with Crippen LogP contribution < -0.4 is 4.57 Å². The van der Waals surface area contributed by atoms with Gasteiger partial charge < -0.3 is 9.47 Å². The van der Waals surface area contributed by atoms with Gasteiger partial charge in [-0.25, -0.2) is 0 Å². The minimum absolute atomic E-state index is 0.0924. The Morgan fingerprint density at radius 1 is 1.05 bits per heavy atom. The maximum Gasteiger partial charge on any atom is 0.263 e. The van der Waals surface area contributed by atoms with Crippen molar-refractivity contribution in [3.8, 4) is 0 Å². The van der Waals surface area contributed by atoms with Crippen LogP contribution in [0.25, 0.3) is 10.2 Å². The standard InChI is InChI=1S/C15H22NO3S/c1-10(18-13(4)19-12(3)17-5)16-11(2)20-15-9-7-6-8-14(15)16/h6-10,12-13H,1-5H3/q+1. The van der Waals surface area contributed by atoms with Gasteiger partial charge in [0.15, 0.2) is 12.6 Å². The van der Waals surface area contributed by atoms with Gasteiger partial charge in [-0.05, 0) is 19.9 Å². The monoisotopic (exact) mass is 296 g/mol. The molecule has 0 aliphatic carbocycles. The van der Waals surface area contributed by atoms with Crippen LogP contribution in [0.4, 0.5) is 0 Å². The third-order valence-corrected chi connectivity index (χ3v) is 4.25. The lowest BCUT2D eigenvalue weighted by Crippen LogP contribution is -2.42. The molecular weight excluding hydrogens is 274 g/mol. The topological polar surface area (TPSA) is 31.6 Å². The largest absolute Gasteiger partial charge is 0.356 e. The molecule has 0 aliphatic rings. The molecule has 0 radical (unpaired) electrons. The van der Waals surface area contributed by atoms with Gasteiger partial charge in [0.05, 0.1) is 0 Å².